The van der Waals surface area contributed by atoms with E-state index in [9.17, 15) is 24.3 Å². The lowest BCUT2D eigenvalue weighted by atomic mass is 10.0. The fourth-order valence-electron chi connectivity index (χ4n) is 2.41. The van der Waals surface area contributed by atoms with Crippen molar-refractivity contribution in [3.8, 4) is 0 Å². The highest BCUT2D eigenvalue weighted by Crippen LogP contribution is 2.04. The van der Waals surface area contributed by atoms with Gasteiger partial charge in [0, 0.05) is 0 Å². The first-order chi connectivity index (χ1) is 13.1. The molecule has 28 heavy (non-hydrogen) atoms. The Kier molecular flexibility index (Phi) is 12.7. The quantitative estimate of drug-likeness (QED) is 0.156. The van der Waals surface area contributed by atoms with Crippen molar-refractivity contribution in [2.45, 2.75) is 57.7 Å². The van der Waals surface area contributed by atoms with Gasteiger partial charge in [0.15, 0.2) is 0 Å². The van der Waals surface area contributed by atoms with Gasteiger partial charge in [0.2, 0.25) is 17.7 Å². The van der Waals surface area contributed by atoms with Crippen LogP contribution < -0.4 is 27.4 Å². The maximum absolute atomic E-state index is 12.4. The van der Waals surface area contributed by atoms with Crippen molar-refractivity contribution in [3.05, 3.63) is 0 Å². The Morgan fingerprint density at radius 3 is 2.07 bits per heavy atom. The number of aliphatic hydroxyl groups is 1. The van der Waals surface area contributed by atoms with Crippen LogP contribution in [0, 0.1) is 5.92 Å². The number of aliphatic hydroxyl groups excluding tert-OH is 1. The topological polar surface area (TPSA) is 197 Å². The van der Waals surface area contributed by atoms with Crippen LogP contribution in [-0.4, -0.2) is 71.7 Å². The molecule has 11 heteroatoms. The van der Waals surface area contributed by atoms with Gasteiger partial charge < -0.3 is 37.6 Å². The average Bonchev–Trinajstić information content (AvgIpc) is 2.62. The van der Waals surface area contributed by atoms with Gasteiger partial charge in [0.05, 0.1) is 12.6 Å². The Balaban J connectivity index is 4.94. The third-order valence-electron chi connectivity index (χ3n) is 3.87. The summed E-state index contributed by atoms with van der Waals surface area (Å²) in [6, 6.07) is -3.13. The number of carboxylic acid groups (broad SMARTS) is 1. The number of hydrogen-bond donors (Lipinski definition) is 7. The van der Waals surface area contributed by atoms with Gasteiger partial charge in [-0.1, -0.05) is 13.8 Å². The Morgan fingerprint density at radius 1 is 0.964 bits per heavy atom. The van der Waals surface area contributed by atoms with Crippen molar-refractivity contribution in [1.29, 1.82) is 0 Å². The van der Waals surface area contributed by atoms with E-state index in [4.69, 9.17) is 16.6 Å². The summed E-state index contributed by atoms with van der Waals surface area (Å²) in [5, 5.41) is 25.1. The van der Waals surface area contributed by atoms with E-state index in [1.54, 1.807) is 0 Å². The molecule has 0 bridgehead atoms. The summed E-state index contributed by atoms with van der Waals surface area (Å²) in [6.07, 6.45) is 1.78. The van der Waals surface area contributed by atoms with Crippen LogP contribution in [0.1, 0.15) is 39.5 Å². The Bertz CT molecular complexity index is 528. The summed E-state index contributed by atoms with van der Waals surface area (Å²) < 4.78 is 0. The van der Waals surface area contributed by atoms with Crippen molar-refractivity contribution in [2.24, 2.45) is 17.4 Å². The molecule has 0 aliphatic carbocycles. The van der Waals surface area contributed by atoms with Crippen LogP contribution in [0.25, 0.3) is 0 Å². The first-order valence-electron chi connectivity index (χ1n) is 9.29. The smallest absolute Gasteiger partial charge is 0.322 e. The molecule has 0 aromatic carbocycles. The molecule has 3 unspecified atom stereocenters. The summed E-state index contributed by atoms with van der Waals surface area (Å²) in [4.78, 5) is 47.2. The molecule has 0 spiro atoms. The zero-order valence-corrected chi connectivity index (χ0v) is 16.4. The number of carboxylic acids is 1. The van der Waals surface area contributed by atoms with Crippen molar-refractivity contribution >= 4 is 23.7 Å². The molecule has 3 amide bonds. The minimum absolute atomic E-state index is 0.173. The maximum Gasteiger partial charge on any atom is 0.322 e. The van der Waals surface area contributed by atoms with E-state index in [1.165, 1.54) is 0 Å². The molecular weight excluding hydrogens is 370 g/mol. The first-order valence-corrected chi connectivity index (χ1v) is 9.29. The van der Waals surface area contributed by atoms with Gasteiger partial charge in [-0.05, 0) is 38.1 Å². The average molecular weight is 403 g/mol. The predicted octanol–water partition coefficient (Wildman–Crippen LogP) is -2.35. The van der Waals surface area contributed by atoms with Crippen LogP contribution in [0.15, 0.2) is 0 Å². The fourth-order valence-corrected chi connectivity index (χ4v) is 2.41. The molecule has 0 radical (unpaired) electrons. The Hall–Kier alpha value is -2.24. The van der Waals surface area contributed by atoms with Crippen molar-refractivity contribution < 1.29 is 29.4 Å². The second-order valence-corrected chi connectivity index (χ2v) is 6.94. The minimum atomic E-state index is -1.28. The lowest BCUT2D eigenvalue weighted by Gasteiger charge is -2.23. The number of hydrogen-bond acceptors (Lipinski definition) is 7. The van der Waals surface area contributed by atoms with Crippen molar-refractivity contribution in [3.63, 3.8) is 0 Å². The molecule has 0 saturated carbocycles. The summed E-state index contributed by atoms with van der Waals surface area (Å²) >= 11 is 0. The van der Waals surface area contributed by atoms with Gasteiger partial charge >= 0.3 is 5.97 Å². The molecule has 3 atom stereocenters. The van der Waals surface area contributed by atoms with Gasteiger partial charge in [-0.3, -0.25) is 19.2 Å². The number of amides is 3. The highest BCUT2D eigenvalue weighted by molar-refractivity contribution is 5.93. The molecule has 11 nitrogen and oxygen atoms in total. The normalized spacial score (nSPS) is 14.1. The summed E-state index contributed by atoms with van der Waals surface area (Å²) in [5.74, 6) is -3.08. The van der Waals surface area contributed by atoms with E-state index in [0.717, 1.165) is 0 Å². The molecule has 0 aromatic rings. The molecule has 162 valence electrons. The van der Waals surface area contributed by atoms with Crippen molar-refractivity contribution in [1.82, 2.24) is 16.0 Å². The van der Waals surface area contributed by atoms with Crippen LogP contribution in [0.3, 0.4) is 0 Å². The minimum Gasteiger partial charge on any atom is -0.480 e. The number of unbranched alkanes of at least 4 members (excludes halogenated alkanes) is 1. The van der Waals surface area contributed by atoms with Gasteiger partial charge in [0.25, 0.3) is 0 Å². The molecule has 0 saturated heterocycles. The van der Waals surface area contributed by atoms with E-state index < -0.39 is 55.0 Å². The zero-order valence-electron chi connectivity index (χ0n) is 16.4. The van der Waals surface area contributed by atoms with Crippen LogP contribution in [0.4, 0.5) is 0 Å². The number of nitrogens with one attached hydrogen (secondary N) is 3. The molecule has 9 N–H and O–H groups in total. The van der Waals surface area contributed by atoms with Crippen molar-refractivity contribution in [2.75, 3.05) is 19.7 Å². The molecule has 0 aliphatic rings. The second kappa shape index (κ2) is 13.9. The highest BCUT2D eigenvalue weighted by Gasteiger charge is 2.27. The monoisotopic (exact) mass is 403 g/mol. The number of nitrogens with two attached hydrogens (primary N) is 2. The highest BCUT2D eigenvalue weighted by atomic mass is 16.4. The van der Waals surface area contributed by atoms with Gasteiger partial charge in [-0.2, -0.15) is 0 Å². The lowest BCUT2D eigenvalue weighted by molar-refractivity contribution is -0.138. The van der Waals surface area contributed by atoms with E-state index >= 15 is 0 Å². The predicted molar refractivity (Wildman–Crippen MR) is 102 cm³/mol. The van der Waals surface area contributed by atoms with E-state index in [-0.39, 0.29) is 12.3 Å². The van der Waals surface area contributed by atoms with Gasteiger partial charge in [-0.15, -0.1) is 0 Å². The Morgan fingerprint density at radius 2 is 1.57 bits per heavy atom. The van der Waals surface area contributed by atoms with Gasteiger partial charge in [0.1, 0.15) is 18.6 Å². The second-order valence-electron chi connectivity index (χ2n) is 6.94. The maximum atomic E-state index is 12.4. The number of rotatable bonds is 14. The molecule has 0 heterocycles. The third kappa shape index (κ3) is 10.8. The number of carbonyl (C=O) groups is 4. The largest absolute Gasteiger partial charge is 0.480 e. The number of carbonyl (C=O) groups excluding carboxylic acids is 3. The summed E-state index contributed by atoms with van der Waals surface area (Å²) in [6.45, 7) is 2.92. The summed E-state index contributed by atoms with van der Waals surface area (Å²) in [7, 11) is 0. The van der Waals surface area contributed by atoms with Crippen LogP contribution >= 0.6 is 0 Å². The lowest BCUT2D eigenvalue weighted by Crippen LogP contribution is -2.57. The molecular formula is C17H33N5O6. The van der Waals surface area contributed by atoms with Crippen LogP contribution in [-0.2, 0) is 19.2 Å². The first kappa shape index (κ1) is 25.8. The van der Waals surface area contributed by atoms with E-state index in [2.05, 4.69) is 16.0 Å². The zero-order chi connectivity index (χ0) is 21.7. The van der Waals surface area contributed by atoms with Crippen LogP contribution in [0.2, 0.25) is 0 Å². The molecule has 0 aromatic heterocycles. The van der Waals surface area contributed by atoms with Crippen LogP contribution in [0.5, 0.6) is 0 Å². The molecule has 0 fully saturated rings. The number of aliphatic carboxylic acids is 1. The fraction of sp³-hybridized carbons (Fsp3) is 0.765. The van der Waals surface area contributed by atoms with E-state index in [0.29, 0.717) is 25.8 Å². The SMILES string of the molecule is CC(C)CC(N)C(=O)NC(CO)C(=O)NC(CCCCN)C(=O)NCC(=O)O. The third-order valence-corrected chi connectivity index (χ3v) is 3.87. The summed E-state index contributed by atoms with van der Waals surface area (Å²) in [5.41, 5.74) is 11.2. The van der Waals surface area contributed by atoms with Gasteiger partial charge in [-0.25, -0.2) is 0 Å². The standard InChI is InChI=1S/C17H33N5O6/c1-10(2)7-11(19)15(26)22-13(9-23)17(28)21-12(5-3-4-6-18)16(27)20-8-14(24)25/h10-13,23H,3-9,18-19H2,1-2H3,(H,20,27)(H,21,28)(H,22,26)(H,24,25). The molecule has 0 rings (SSSR count). The Labute approximate surface area is 164 Å². The molecule has 0 aliphatic heterocycles. The van der Waals surface area contributed by atoms with E-state index in [1.807, 2.05) is 13.8 Å².